The summed E-state index contributed by atoms with van der Waals surface area (Å²) in [4.78, 5) is 16.4. The van der Waals surface area contributed by atoms with Crippen molar-refractivity contribution >= 4 is 30.7 Å². The zero-order chi connectivity index (χ0) is 12.8. The monoisotopic (exact) mass is 313 g/mol. The minimum atomic E-state index is 0. The van der Waals surface area contributed by atoms with Gasteiger partial charge in [-0.3, -0.25) is 9.69 Å². The predicted octanol–water partition coefficient (Wildman–Crippen LogP) is 1.90. The van der Waals surface area contributed by atoms with E-state index in [1.165, 1.54) is 6.42 Å². The largest absolute Gasteiger partial charge is 0.337 e. The number of likely N-dealkylation sites (N-methyl/N-ethyl adjacent to an activating group) is 1. The van der Waals surface area contributed by atoms with Crippen LogP contribution >= 0.6 is 24.8 Å². The van der Waals surface area contributed by atoms with E-state index >= 15 is 0 Å². The van der Waals surface area contributed by atoms with Gasteiger partial charge in [0.1, 0.15) is 0 Å². The van der Waals surface area contributed by atoms with E-state index < -0.39 is 0 Å². The third-order valence-corrected chi connectivity index (χ3v) is 3.73. The number of piperidine rings is 1. The molecule has 1 amide bonds. The quantitative estimate of drug-likeness (QED) is 0.843. The average molecular weight is 314 g/mol. The third-order valence-electron chi connectivity index (χ3n) is 3.73. The van der Waals surface area contributed by atoms with Gasteiger partial charge < -0.3 is 10.6 Å². The molecule has 1 saturated heterocycles. The molecule has 0 aliphatic carbocycles. The van der Waals surface area contributed by atoms with Crippen molar-refractivity contribution in [2.45, 2.75) is 52.1 Å². The molecule has 0 radical (unpaired) electrons. The fraction of sp³-hybridized carbons (Fsp3) is 0.923. The molecule has 0 aromatic heterocycles. The molecule has 0 spiro atoms. The van der Waals surface area contributed by atoms with Gasteiger partial charge in [0.05, 0.1) is 6.54 Å². The van der Waals surface area contributed by atoms with Crippen molar-refractivity contribution in [3.05, 3.63) is 0 Å². The Bertz CT molecular complexity index is 248. The van der Waals surface area contributed by atoms with E-state index in [2.05, 4.69) is 18.7 Å². The lowest BCUT2D eigenvalue weighted by Crippen LogP contribution is -2.54. The molecule has 2 N–H and O–H groups in total. The van der Waals surface area contributed by atoms with Crippen molar-refractivity contribution in [1.29, 1.82) is 0 Å². The summed E-state index contributed by atoms with van der Waals surface area (Å²) in [5.41, 5.74) is 5.98. The molecule has 1 rings (SSSR count). The molecule has 1 aliphatic heterocycles. The van der Waals surface area contributed by atoms with Crippen molar-refractivity contribution in [1.82, 2.24) is 9.80 Å². The first-order chi connectivity index (χ1) is 8.10. The van der Waals surface area contributed by atoms with E-state index in [0.717, 1.165) is 32.5 Å². The molecule has 2 unspecified atom stereocenters. The lowest BCUT2D eigenvalue weighted by atomic mass is 9.97. The number of halogens is 2. The summed E-state index contributed by atoms with van der Waals surface area (Å²) in [6.45, 7) is 9.47. The number of carbonyl (C=O) groups is 1. The van der Waals surface area contributed by atoms with E-state index in [4.69, 9.17) is 5.73 Å². The Morgan fingerprint density at radius 3 is 2.37 bits per heavy atom. The average Bonchev–Trinajstić information content (AvgIpc) is 2.35. The van der Waals surface area contributed by atoms with Gasteiger partial charge in [0.2, 0.25) is 5.91 Å². The highest BCUT2D eigenvalue weighted by atomic mass is 35.5. The molecule has 0 aromatic rings. The highest BCUT2D eigenvalue weighted by Gasteiger charge is 2.29. The zero-order valence-electron chi connectivity index (χ0n) is 12.3. The Morgan fingerprint density at radius 2 is 1.89 bits per heavy atom. The molecular formula is C13H29Cl2N3O. The van der Waals surface area contributed by atoms with Crippen LogP contribution in [-0.4, -0.2) is 54.0 Å². The van der Waals surface area contributed by atoms with Gasteiger partial charge in [0.25, 0.3) is 0 Å². The first kappa shape index (κ1) is 21.3. The minimum Gasteiger partial charge on any atom is -0.337 e. The molecule has 6 heteroatoms. The Morgan fingerprint density at radius 1 is 1.32 bits per heavy atom. The number of nitrogens with two attached hydrogens (primary N) is 1. The smallest absolute Gasteiger partial charge is 0.237 e. The number of nitrogens with zero attached hydrogens (tertiary/aromatic N) is 2. The number of rotatable bonds is 5. The summed E-state index contributed by atoms with van der Waals surface area (Å²) in [5, 5.41) is 0. The van der Waals surface area contributed by atoms with Gasteiger partial charge in [0.15, 0.2) is 0 Å². The Balaban J connectivity index is 0. The third kappa shape index (κ3) is 6.30. The zero-order valence-corrected chi connectivity index (χ0v) is 13.9. The molecular weight excluding hydrogens is 285 g/mol. The summed E-state index contributed by atoms with van der Waals surface area (Å²) in [7, 11) is 0. The Labute approximate surface area is 129 Å². The van der Waals surface area contributed by atoms with Crippen molar-refractivity contribution in [2.75, 3.05) is 26.2 Å². The second-order valence-electron chi connectivity index (χ2n) is 4.97. The lowest BCUT2D eigenvalue weighted by Gasteiger charge is -2.39. The first-order valence-electron chi connectivity index (χ1n) is 6.87. The van der Waals surface area contributed by atoms with Crippen LogP contribution in [0, 0.1) is 0 Å². The highest BCUT2D eigenvalue weighted by molar-refractivity contribution is 5.85. The van der Waals surface area contributed by atoms with Gasteiger partial charge in [-0.1, -0.05) is 13.8 Å². The number of amides is 1. The number of hydrogen-bond acceptors (Lipinski definition) is 3. The lowest BCUT2D eigenvalue weighted by molar-refractivity contribution is -0.136. The van der Waals surface area contributed by atoms with Crippen LogP contribution in [0.1, 0.15) is 40.0 Å². The Hall–Kier alpha value is -0.0300. The van der Waals surface area contributed by atoms with Gasteiger partial charge in [-0.2, -0.15) is 0 Å². The fourth-order valence-corrected chi connectivity index (χ4v) is 2.54. The van der Waals surface area contributed by atoms with Gasteiger partial charge in [-0.25, -0.2) is 0 Å². The maximum Gasteiger partial charge on any atom is 0.237 e. The number of carbonyl (C=O) groups excluding carboxylic acids is 1. The first-order valence-corrected chi connectivity index (χ1v) is 6.87. The molecule has 0 bridgehead atoms. The summed E-state index contributed by atoms with van der Waals surface area (Å²) in [5.74, 6) is 0.246. The van der Waals surface area contributed by atoms with Crippen LogP contribution < -0.4 is 5.73 Å². The van der Waals surface area contributed by atoms with Crippen LogP contribution in [0.15, 0.2) is 0 Å². The van der Waals surface area contributed by atoms with Crippen molar-refractivity contribution in [3.63, 3.8) is 0 Å². The standard InChI is InChI=1S/C13H27N3O.2ClH/c1-4-15(5-2)10-13(17)16-9-7-6-8-12(16)11(3)14;;/h11-12H,4-10,14H2,1-3H3;2*1H. The second-order valence-corrected chi connectivity index (χ2v) is 4.97. The van der Waals surface area contributed by atoms with E-state index in [9.17, 15) is 4.79 Å². The number of likely N-dealkylation sites (tertiary alicyclic amines) is 1. The SMILES string of the molecule is CCN(CC)CC(=O)N1CCCCC1C(C)N.Cl.Cl. The van der Waals surface area contributed by atoms with Crippen molar-refractivity contribution in [2.24, 2.45) is 5.73 Å². The fourth-order valence-electron chi connectivity index (χ4n) is 2.54. The van der Waals surface area contributed by atoms with Gasteiger partial charge in [-0.15, -0.1) is 24.8 Å². The minimum absolute atomic E-state index is 0. The van der Waals surface area contributed by atoms with E-state index in [1.54, 1.807) is 0 Å². The van der Waals surface area contributed by atoms with Gasteiger partial charge in [-0.05, 0) is 39.3 Å². The summed E-state index contributed by atoms with van der Waals surface area (Å²) >= 11 is 0. The Kier molecular flexibility index (Phi) is 12.0. The summed E-state index contributed by atoms with van der Waals surface area (Å²) in [6.07, 6.45) is 3.37. The highest BCUT2D eigenvalue weighted by Crippen LogP contribution is 2.19. The van der Waals surface area contributed by atoms with Crippen LogP contribution in [0.25, 0.3) is 0 Å². The molecule has 1 heterocycles. The molecule has 1 aliphatic rings. The summed E-state index contributed by atoms with van der Waals surface area (Å²) in [6, 6.07) is 0.322. The van der Waals surface area contributed by atoms with Crippen LogP contribution in [0.2, 0.25) is 0 Å². The van der Waals surface area contributed by atoms with Crippen LogP contribution in [0.4, 0.5) is 0 Å². The normalized spacial score (nSPS) is 20.5. The van der Waals surface area contributed by atoms with Gasteiger partial charge in [0, 0.05) is 18.6 Å². The maximum absolute atomic E-state index is 12.3. The predicted molar refractivity (Wildman–Crippen MR) is 85.3 cm³/mol. The molecule has 19 heavy (non-hydrogen) atoms. The summed E-state index contributed by atoms with van der Waals surface area (Å²) < 4.78 is 0. The molecule has 2 atom stereocenters. The molecule has 1 fully saturated rings. The van der Waals surface area contributed by atoms with E-state index in [-0.39, 0.29) is 42.8 Å². The maximum atomic E-state index is 12.3. The van der Waals surface area contributed by atoms with E-state index in [0.29, 0.717) is 6.54 Å². The molecule has 0 aromatic carbocycles. The van der Waals surface area contributed by atoms with Crippen LogP contribution in [-0.2, 0) is 4.79 Å². The van der Waals surface area contributed by atoms with Crippen molar-refractivity contribution < 1.29 is 4.79 Å². The second kappa shape index (κ2) is 10.7. The molecule has 0 saturated carbocycles. The van der Waals surface area contributed by atoms with Gasteiger partial charge >= 0.3 is 0 Å². The van der Waals surface area contributed by atoms with Crippen LogP contribution in [0.5, 0.6) is 0 Å². The van der Waals surface area contributed by atoms with Crippen molar-refractivity contribution in [3.8, 4) is 0 Å². The van der Waals surface area contributed by atoms with Crippen LogP contribution in [0.3, 0.4) is 0 Å². The molecule has 116 valence electrons. The molecule has 4 nitrogen and oxygen atoms in total. The topological polar surface area (TPSA) is 49.6 Å². The number of hydrogen-bond donors (Lipinski definition) is 1. The van der Waals surface area contributed by atoms with E-state index in [1.807, 2.05) is 11.8 Å².